The van der Waals surface area contributed by atoms with Gasteiger partial charge in [0.15, 0.2) is 0 Å². The van der Waals surface area contributed by atoms with Crippen LogP contribution < -0.4 is 19.5 Å². The lowest BCUT2D eigenvalue weighted by atomic mass is 10.2. The molecule has 0 saturated heterocycles. The Labute approximate surface area is 189 Å². The molecule has 0 radical (unpaired) electrons. The molecule has 0 heterocycles. The smallest absolute Gasteiger partial charge is 0.262 e. The zero-order chi connectivity index (χ0) is 22.6. The van der Waals surface area contributed by atoms with E-state index in [0.29, 0.717) is 21.4 Å². The molecule has 10 heteroatoms. The monoisotopic (exact) mass is 480 g/mol. The second-order valence-corrected chi connectivity index (χ2v) is 8.83. The summed E-state index contributed by atoms with van der Waals surface area (Å²) in [6.07, 6.45) is 0. The van der Waals surface area contributed by atoms with Crippen LogP contribution in [0.5, 0.6) is 11.5 Å². The summed E-state index contributed by atoms with van der Waals surface area (Å²) in [5.74, 6) is 0.116. The van der Waals surface area contributed by atoms with Crippen molar-refractivity contribution in [1.29, 1.82) is 0 Å². The van der Waals surface area contributed by atoms with E-state index in [4.69, 9.17) is 32.7 Å². The van der Waals surface area contributed by atoms with E-state index in [1.165, 1.54) is 44.6 Å². The number of hydrogen-bond acceptors (Lipinski definition) is 5. The molecule has 3 rings (SSSR count). The van der Waals surface area contributed by atoms with E-state index in [9.17, 15) is 13.2 Å². The van der Waals surface area contributed by atoms with Crippen molar-refractivity contribution >= 4 is 50.5 Å². The van der Waals surface area contributed by atoms with Gasteiger partial charge >= 0.3 is 0 Å². The van der Waals surface area contributed by atoms with Gasteiger partial charge in [0.2, 0.25) is 0 Å². The zero-order valence-corrected chi connectivity index (χ0v) is 18.8. The van der Waals surface area contributed by atoms with Crippen LogP contribution in [-0.2, 0) is 10.0 Å². The van der Waals surface area contributed by atoms with Crippen molar-refractivity contribution in [1.82, 2.24) is 0 Å². The molecule has 2 N–H and O–H groups in total. The summed E-state index contributed by atoms with van der Waals surface area (Å²) < 4.78 is 38.8. The van der Waals surface area contributed by atoms with E-state index >= 15 is 0 Å². The third-order valence-electron chi connectivity index (χ3n) is 4.22. The first-order valence-electron chi connectivity index (χ1n) is 8.85. The maximum atomic E-state index is 13.0. The fourth-order valence-corrected chi connectivity index (χ4v) is 4.19. The van der Waals surface area contributed by atoms with Crippen molar-refractivity contribution in [3.05, 3.63) is 76.3 Å². The molecular formula is C21H18Cl2N2O5S. The Morgan fingerprint density at radius 1 is 0.839 bits per heavy atom. The van der Waals surface area contributed by atoms with Crippen LogP contribution in [0.3, 0.4) is 0 Å². The number of carbonyl (C=O) groups is 1. The van der Waals surface area contributed by atoms with Gasteiger partial charge in [-0.1, -0.05) is 29.3 Å². The van der Waals surface area contributed by atoms with Crippen LogP contribution in [-0.4, -0.2) is 28.5 Å². The number of amides is 1. The average Bonchev–Trinajstić information content (AvgIpc) is 2.73. The highest BCUT2D eigenvalue weighted by Crippen LogP contribution is 2.32. The Balaban J connectivity index is 1.94. The van der Waals surface area contributed by atoms with Crippen LogP contribution in [0, 0.1) is 0 Å². The second-order valence-electron chi connectivity index (χ2n) is 6.28. The van der Waals surface area contributed by atoms with Gasteiger partial charge in [0.05, 0.1) is 30.5 Å². The van der Waals surface area contributed by atoms with Gasteiger partial charge in [0.25, 0.3) is 15.9 Å². The Morgan fingerprint density at radius 2 is 1.48 bits per heavy atom. The van der Waals surface area contributed by atoms with E-state index in [2.05, 4.69) is 10.0 Å². The number of benzene rings is 3. The Bertz CT molecular complexity index is 1230. The highest BCUT2D eigenvalue weighted by molar-refractivity contribution is 7.92. The van der Waals surface area contributed by atoms with E-state index in [0.717, 1.165) is 0 Å². The topological polar surface area (TPSA) is 93.7 Å². The first kappa shape index (κ1) is 22.7. The second kappa shape index (κ2) is 9.47. The summed E-state index contributed by atoms with van der Waals surface area (Å²) in [4.78, 5) is 12.5. The molecule has 3 aromatic rings. The number of sulfonamides is 1. The number of ether oxygens (including phenoxy) is 2. The molecule has 0 spiro atoms. The van der Waals surface area contributed by atoms with E-state index in [-0.39, 0.29) is 22.0 Å². The SMILES string of the molecule is COc1ccc(S(=O)(=O)Nc2cc(Cl)ccc2OC)cc1NC(=O)c1cccc(Cl)c1. The molecule has 31 heavy (non-hydrogen) atoms. The van der Waals surface area contributed by atoms with Gasteiger partial charge in [-0.3, -0.25) is 9.52 Å². The van der Waals surface area contributed by atoms with Gasteiger partial charge in [-0.05, 0) is 54.6 Å². The molecular weight excluding hydrogens is 463 g/mol. The molecule has 0 aliphatic carbocycles. The third kappa shape index (κ3) is 5.41. The van der Waals surface area contributed by atoms with Crippen molar-refractivity contribution in [3.8, 4) is 11.5 Å². The maximum Gasteiger partial charge on any atom is 0.262 e. The molecule has 162 valence electrons. The van der Waals surface area contributed by atoms with E-state index in [1.807, 2.05) is 0 Å². The Morgan fingerprint density at radius 3 is 2.16 bits per heavy atom. The fraction of sp³-hybridized carbons (Fsp3) is 0.0952. The lowest BCUT2D eigenvalue weighted by Gasteiger charge is -2.15. The molecule has 0 saturated carbocycles. The van der Waals surface area contributed by atoms with Crippen molar-refractivity contribution in [2.45, 2.75) is 4.90 Å². The van der Waals surface area contributed by atoms with Gasteiger partial charge in [0, 0.05) is 15.6 Å². The largest absolute Gasteiger partial charge is 0.495 e. The standard InChI is InChI=1S/C21H18Cl2N2O5S/c1-29-19-9-7-16(12-17(19)24-21(26)13-4-3-5-14(22)10-13)31(27,28)25-18-11-15(23)6-8-20(18)30-2/h3-12,25H,1-2H3,(H,24,26). The van der Waals surface area contributed by atoms with Crippen molar-refractivity contribution in [2.24, 2.45) is 0 Å². The molecule has 0 aromatic heterocycles. The minimum absolute atomic E-state index is 0.100. The predicted molar refractivity (Wildman–Crippen MR) is 121 cm³/mol. The molecule has 0 aliphatic heterocycles. The number of nitrogens with one attached hydrogen (secondary N) is 2. The highest BCUT2D eigenvalue weighted by Gasteiger charge is 2.20. The Hall–Kier alpha value is -2.94. The van der Waals surface area contributed by atoms with Gasteiger partial charge in [-0.15, -0.1) is 0 Å². The lowest BCUT2D eigenvalue weighted by Crippen LogP contribution is -2.16. The molecule has 3 aromatic carbocycles. The third-order valence-corrected chi connectivity index (χ3v) is 6.06. The minimum atomic E-state index is -4.03. The predicted octanol–water partition coefficient (Wildman–Crippen LogP) is 5.06. The summed E-state index contributed by atoms with van der Waals surface area (Å²) >= 11 is 11.9. The van der Waals surface area contributed by atoms with Gasteiger partial charge in [-0.25, -0.2) is 8.42 Å². The summed E-state index contributed by atoms with van der Waals surface area (Å²) in [5.41, 5.74) is 0.661. The van der Waals surface area contributed by atoms with Gasteiger partial charge < -0.3 is 14.8 Å². The summed E-state index contributed by atoms with van der Waals surface area (Å²) in [6, 6.07) is 15.0. The first-order chi connectivity index (χ1) is 14.7. The fourth-order valence-electron chi connectivity index (χ4n) is 2.74. The van der Waals surface area contributed by atoms with Crippen LogP contribution in [0.25, 0.3) is 0 Å². The maximum absolute atomic E-state index is 13.0. The van der Waals surface area contributed by atoms with Crippen molar-refractivity contribution in [2.75, 3.05) is 24.3 Å². The lowest BCUT2D eigenvalue weighted by molar-refractivity contribution is 0.102. The number of halogens is 2. The minimum Gasteiger partial charge on any atom is -0.495 e. The Kier molecular flexibility index (Phi) is 6.94. The molecule has 1 amide bonds. The number of anilines is 2. The molecule has 0 unspecified atom stereocenters. The molecule has 7 nitrogen and oxygen atoms in total. The van der Waals surface area contributed by atoms with Crippen LogP contribution in [0.4, 0.5) is 11.4 Å². The molecule has 0 atom stereocenters. The van der Waals surface area contributed by atoms with Gasteiger partial charge in [-0.2, -0.15) is 0 Å². The number of methoxy groups -OCH3 is 2. The van der Waals surface area contributed by atoms with Crippen LogP contribution in [0.2, 0.25) is 10.0 Å². The van der Waals surface area contributed by atoms with Crippen LogP contribution >= 0.6 is 23.2 Å². The highest BCUT2D eigenvalue weighted by atomic mass is 35.5. The summed E-state index contributed by atoms with van der Waals surface area (Å²) in [7, 11) is -1.21. The summed E-state index contributed by atoms with van der Waals surface area (Å²) in [6.45, 7) is 0. The van der Waals surface area contributed by atoms with Crippen LogP contribution in [0.1, 0.15) is 10.4 Å². The van der Waals surface area contributed by atoms with E-state index in [1.54, 1.807) is 30.3 Å². The molecule has 0 bridgehead atoms. The number of rotatable bonds is 7. The van der Waals surface area contributed by atoms with Crippen LogP contribution in [0.15, 0.2) is 65.6 Å². The number of hydrogen-bond donors (Lipinski definition) is 2. The normalized spacial score (nSPS) is 11.0. The molecule has 0 aliphatic rings. The first-order valence-corrected chi connectivity index (χ1v) is 11.1. The van der Waals surface area contributed by atoms with E-state index < -0.39 is 15.9 Å². The average molecular weight is 481 g/mol. The molecule has 0 fully saturated rings. The van der Waals surface area contributed by atoms with Gasteiger partial charge in [0.1, 0.15) is 11.5 Å². The zero-order valence-electron chi connectivity index (χ0n) is 16.5. The van der Waals surface area contributed by atoms with Crippen molar-refractivity contribution in [3.63, 3.8) is 0 Å². The van der Waals surface area contributed by atoms with Crippen molar-refractivity contribution < 1.29 is 22.7 Å². The summed E-state index contributed by atoms with van der Waals surface area (Å²) in [5, 5.41) is 3.39. The quantitative estimate of drug-likeness (QED) is 0.492. The number of carbonyl (C=O) groups excluding carboxylic acids is 1.